The molecule has 3 atom stereocenters. The minimum absolute atomic E-state index is 0.295. The summed E-state index contributed by atoms with van der Waals surface area (Å²) in [7, 11) is 0. The van der Waals surface area contributed by atoms with E-state index in [0.717, 1.165) is 31.6 Å². The maximum atomic E-state index is 11.3. The van der Waals surface area contributed by atoms with Gasteiger partial charge in [0.15, 0.2) is 0 Å². The summed E-state index contributed by atoms with van der Waals surface area (Å²) >= 11 is 0. The minimum atomic E-state index is -0.654. The van der Waals surface area contributed by atoms with E-state index in [1.54, 1.807) is 0 Å². The number of nitrogens with one attached hydrogen (secondary N) is 1. The molecule has 19 heavy (non-hydrogen) atoms. The summed E-state index contributed by atoms with van der Waals surface area (Å²) < 4.78 is 0. The predicted octanol–water partition coefficient (Wildman–Crippen LogP) is 3.43. The van der Waals surface area contributed by atoms with Crippen LogP contribution >= 0.6 is 0 Å². The van der Waals surface area contributed by atoms with Crippen LogP contribution in [0.4, 0.5) is 0 Å². The van der Waals surface area contributed by atoms with Gasteiger partial charge in [-0.3, -0.25) is 4.79 Å². The van der Waals surface area contributed by atoms with E-state index in [2.05, 4.69) is 26.1 Å². The molecule has 0 spiro atoms. The quantitative estimate of drug-likeness (QED) is 0.767. The molecule has 0 bridgehead atoms. The van der Waals surface area contributed by atoms with Crippen molar-refractivity contribution in [3.05, 3.63) is 0 Å². The van der Waals surface area contributed by atoms with Crippen LogP contribution in [0.3, 0.4) is 0 Å². The van der Waals surface area contributed by atoms with Gasteiger partial charge in [0.05, 0.1) is 0 Å². The van der Waals surface area contributed by atoms with Crippen LogP contribution in [-0.4, -0.2) is 23.2 Å². The number of hydrogen-bond acceptors (Lipinski definition) is 2. The lowest BCUT2D eigenvalue weighted by Gasteiger charge is -2.30. The number of carbonyl (C=O) groups is 1. The van der Waals surface area contributed by atoms with Crippen molar-refractivity contribution in [3.63, 3.8) is 0 Å². The van der Waals surface area contributed by atoms with E-state index in [-0.39, 0.29) is 6.04 Å². The Balaban J connectivity index is 1.86. The van der Waals surface area contributed by atoms with Crippen LogP contribution in [0.15, 0.2) is 0 Å². The molecular formula is C16H29NO2. The molecule has 0 aliphatic heterocycles. The second-order valence-electron chi connectivity index (χ2n) is 7.59. The highest BCUT2D eigenvalue weighted by Gasteiger charge is 2.38. The van der Waals surface area contributed by atoms with Crippen LogP contribution in [0.25, 0.3) is 0 Å². The Labute approximate surface area is 117 Å². The third-order valence-electron chi connectivity index (χ3n) is 4.97. The Morgan fingerprint density at radius 1 is 1.11 bits per heavy atom. The fourth-order valence-electron chi connectivity index (χ4n) is 3.43. The number of carboxylic acid groups (broad SMARTS) is 1. The molecule has 0 heterocycles. The van der Waals surface area contributed by atoms with E-state index in [1.165, 1.54) is 19.3 Å². The van der Waals surface area contributed by atoms with Gasteiger partial charge >= 0.3 is 5.97 Å². The SMILES string of the molecule is CC(C)(C)C1CCCC(NC(C(=O)O)C2CC2)CC1. The van der Waals surface area contributed by atoms with E-state index < -0.39 is 5.97 Å². The van der Waals surface area contributed by atoms with E-state index in [1.807, 2.05) is 0 Å². The summed E-state index contributed by atoms with van der Waals surface area (Å²) in [4.78, 5) is 11.3. The van der Waals surface area contributed by atoms with Gasteiger partial charge < -0.3 is 10.4 Å². The molecule has 0 amide bonds. The van der Waals surface area contributed by atoms with Crippen molar-refractivity contribution >= 4 is 5.97 Å². The monoisotopic (exact) mass is 267 g/mol. The molecule has 0 aromatic rings. The molecular weight excluding hydrogens is 238 g/mol. The summed E-state index contributed by atoms with van der Waals surface area (Å²) in [6, 6.07) is 0.116. The summed E-state index contributed by atoms with van der Waals surface area (Å²) in [5, 5.41) is 12.7. The zero-order valence-corrected chi connectivity index (χ0v) is 12.6. The lowest BCUT2D eigenvalue weighted by molar-refractivity contribution is -0.140. The third-order valence-corrected chi connectivity index (χ3v) is 4.97. The molecule has 3 nitrogen and oxygen atoms in total. The first-order valence-electron chi connectivity index (χ1n) is 7.87. The van der Waals surface area contributed by atoms with E-state index in [0.29, 0.717) is 17.4 Å². The number of carboxylic acids is 1. The van der Waals surface area contributed by atoms with Gasteiger partial charge in [-0.15, -0.1) is 0 Å². The maximum absolute atomic E-state index is 11.3. The highest BCUT2D eigenvalue weighted by molar-refractivity contribution is 5.74. The van der Waals surface area contributed by atoms with Crippen molar-refractivity contribution in [2.75, 3.05) is 0 Å². The molecule has 0 aromatic carbocycles. The zero-order valence-electron chi connectivity index (χ0n) is 12.6. The molecule has 2 rings (SSSR count). The molecule has 2 aliphatic carbocycles. The van der Waals surface area contributed by atoms with Crippen molar-refractivity contribution in [1.29, 1.82) is 0 Å². The normalized spacial score (nSPS) is 30.7. The second-order valence-corrected chi connectivity index (χ2v) is 7.59. The van der Waals surface area contributed by atoms with Crippen molar-refractivity contribution < 1.29 is 9.90 Å². The number of rotatable bonds is 4. The molecule has 0 saturated heterocycles. The molecule has 2 aliphatic rings. The highest BCUT2D eigenvalue weighted by Crippen LogP contribution is 2.38. The average Bonchev–Trinajstić information content (AvgIpc) is 3.11. The van der Waals surface area contributed by atoms with Gasteiger partial charge in [0.2, 0.25) is 0 Å². The van der Waals surface area contributed by atoms with Crippen LogP contribution in [0.1, 0.15) is 65.7 Å². The van der Waals surface area contributed by atoms with Gasteiger partial charge in [0.1, 0.15) is 6.04 Å². The van der Waals surface area contributed by atoms with Gasteiger partial charge in [-0.05, 0) is 55.8 Å². The van der Waals surface area contributed by atoms with Gasteiger partial charge in [-0.25, -0.2) is 0 Å². The maximum Gasteiger partial charge on any atom is 0.320 e. The fraction of sp³-hybridized carbons (Fsp3) is 0.938. The van der Waals surface area contributed by atoms with Crippen LogP contribution in [0.5, 0.6) is 0 Å². The first-order chi connectivity index (χ1) is 8.88. The summed E-state index contributed by atoms with van der Waals surface area (Å²) in [6.45, 7) is 6.99. The van der Waals surface area contributed by atoms with Crippen LogP contribution in [0, 0.1) is 17.3 Å². The molecule has 3 unspecified atom stereocenters. The van der Waals surface area contributed by atoms with Crippen molar-refractivity contribution in [3.8, 4) is 0 Å². The highest BCUT2D eigenvalue weighted by atomic mass is 16.4. The first-order valence-corrected chi connectivity index (χ1v) is 7.87. The second kappa shape index (κ2) is 5.82. The Hall–Kier alpha value is -0.570. The largest absolute Gasteiger partial charge is 0.480 e. The fourth-order valence-corrected chi connectivity index (χ4v) is 3.43. The van der Waals surface area contributed by atoms with E-state index >= 15 is 0 Å². The Morgan fingerprint density at radius 2 is 1.79 bits per heavy atom. The Kier molecular flexibility index (Phi) is 4.54. The van der Waals surface area contributed by atoms with Gasteiger partial charge in [0.25, 0.3) is 0 Å². The Morgan fingerprint density at radius 3 is 2.32 bits per heavy atom. The van der Waals surface area contributed by atoms with Crippen molar-refractivity contribution in [2.24, 2.45) is 17.3 Å². The zero-order chi connectivity index (χ0) is 14.0. The van der Waals surface area contributed by atoms with Gasteiger partial charge in [-0.1, -0.05) is 27.2 Å². The molecule has 110 valence electrons. The molecule has 0 radical (unpaired) electrons. The number of hydrogen-bond donors (Lipinski definition) is 2. The van der Waals surface area contributed by atoms with Gasteiger partial charge in [-0.2, -0.15) is 0 Å². The van der Waals surface area contributed by atoms with Crippen LogP contribution < -0.4 is 5.32 Å². The Bertz CT molecular complexity index is 317. The van der Waals surface area contributed by atoms with E-state index in [9.17, 15) is 9.90 Å². The van der Waals surface area contributed by atoms with Crippen molar-refractivity contribution in [1.82, 2.24) is 5.32 Å². The lowest BCUT2D eigenvalue weighted by atomic mass is 9.76. The molecule has 2 fully saturated rings. The topological polar surface area (TPSA) is 49.3 Å². The molecule has 2 saturated carbocycles. The van der Waals surface area contributed by atoms with Gasteiger partial charge in [0, 0.05) is 6.04 Å². The summed E-state index contributed by atoms with van der Waals surface area (Å²) in [6.07, 6.45) is 8.21. The van der Waals surface area contributed by atoms with Crippen LogP contribution in [-0.2, 0) is 4.79 Å². The first kappa shape index (κ1) is 14.8. The summed E-state index contributed by atoms with van der Waals surface area (Å²) in [5.41, 5.74) is 0.386. The third kappa shape index (κ3) is 4.20. The lowest BCUT2D eigenvalue weighted by Crippen LogP contribution is -2.44. The smallest absolute Gasteiger partial charge is 0.320 e. The molecule has 2 N–H and O–H groups in total. The standard InChI is InChI=1S/C16H29NO2/c1-16(2,3)12-5-4-6-13(10-9-12)17-14(15(18)19)11-7-8-11/h11-14,17H,4-10H2,1-3H3,(H,18,19). The summed E-state index contributed by atoms with van der Waals surface area (Å²) in [5.74, 6) is 0.516. The van der Waals surface area contributed by atoms with E-state index in [4.69, 9.17) is 0 Å². The molecule has 3 heteroatoms. The average molecular weight is 267 g/mol. The van der Waals surface area contributed by atoms with Crippen molar-refractivity contribution in [2.45, 2.75) is 77.8 Å². The minimum Gasteiger partial charge on any atom is -0.480 e. The number of aliphatic carboxylic acids is 1. The van der Waals surface area contributed by atoms with Crippen LogP contribution in [0.2, 0.25) is 0 Å². The molecule has 0 aromatic heterocycles. The predicted molar refractivity (Wildman–Crippen MR) is 77.1 cm³/mol.